The second-order valence-electron chi connectivity index (χ2n) is 10.8. The number of ether oxygens (including phenoxy) is 1. The van der Waals surface area contributed by atoms with Gasteiger partial charge in [-0.1, -0.05) is 30.3 Å². The van der Waals surface area contributed by atoms with Crippen LogP contribution in [0.1, 0.15) is 35.1 Å². The molecule has 0 aliphatic heterocycles. The fraction of sp³-hybridized carbons (Fsp3) is 0.367. The number of amides is 1. The van der Waals surface area contributed by atoms with Crippen LogP contribution in [0.15, 0.2) is 53.3 Å². The first-order chi connectivity index (χ1) is 19.0. The highest BCUT2D eigenvalue weighted by atomic mass is 16.5. The molecule has 10 nitrogen and oxygen atoms in total. The van der Waals surface area contributed by atoms with Gasteiger partial charge in [0.05, 0.1) is 12.7 Å². The van der Waals surface area contributed by atoms with E-state index in [1.807, 2.05) is 25.2 Å². The van der Waals surface area contributed by atoms with Gasteiger partial charge in [0.15, 0.2) is 11.4 Å². The van der Waals surface area contributed by atoms with Crippen molar-refractivity contribution in [1.29, 1.82) is 0 Å². The van der Waals surface area contributed by atoms with Crippen LogP contribution in [0.4, 0.5) is 0 Å². The summed E-state index contributed by atoms with van der Waals surface area (Å²) in [4.78, 5) is 40.1. The van der Waals surface area contributed by atoms with Crippen LogP contribution in [0.3, 0.4) is 0 Å². The second kappa shape index (κ2) is 10.1. The minimum Gasteiger partial charge on any atom is -0.508 e. The van der Waals surface area contributed by atoms with E-state index < -0.39 is 52.0 Å². The van der Waals surface area contributed by atoms with Crippen molar-refractivity contribution in [3.05, 3.63) is 75.6 Å². The molecular formula is C30H32N2O8. The van der Waals surface area contributed by atoms with Crippen molar-refractivity contribution >= 4 is 23.2 Å². The average molecular weight is 549 g/mol. The van der Waals surface area contributed by atoms with Crippen molar-refractivity contribution in [1.82, 2.24) is 4.90 Å². The molecule has 0 saturated heterocycles. The number of carbonyl (C=O) groups excluding carboxylic acids is 3. The Morgan fingerprint density at radius 1 is 1.15 bits per heavy atom. The Kier molecular flexibility index (Phi) is 6.93. The molecule has 3 atom stereocenters. The fourth-order valence-electron chi connectivity index (χ4n) is 6.44. The third-order valence-corrected chi connectivity index (χ3v) is 8.36. The van der Waals surface area contributed by atoms with Gasteiger partial charge in [-0.2, -0.15) is 0 Å². The molecule has 1 fully saturated rings. The highest BCUT2D eigenvalue weighted by molar-refractivity contribution is 6.22. The minimum absolute atomic E-state index is 0.0136. The van der Waals surface area contributed by atoms with Gasteiger partial charge in [-0.3, -0.25) is 14.4 Å². The van der Waals surface area contributed by atoms with Crippen molar-refractivity contribution in [3.63, 3.8) is 0 Å². The lowest BCUT2D eigenvalue weighted by Crippen LogP contribution is -2.58. The SMILES string of the molecule is COc1c(CN(C)CCc2ccccc2)cc(O)c2c1CC1C[C@H]3CC(=O)C(C(N)=O)=C(O)[C@@]3(O)C(=O)C1=C2O. The van der Waals surface area contributed by atoms with Gasteiger partial charge in [-0.25, -0.2) is 0 Å². The first-order valence-corrected chi connectivity index (χ1v) is 13.1. The van der Waals surface area contributed by atoms with Gasteiger partial charge in [0, 0.05) is 42.1 Å². The maximum atomic E-state index is 13.6. The average Bonchev–Trinajstić information content (AvgIpc) is 2.90. The number of hydrogen-bond acceptors (Lipinski definition) is 9. The molecule has 3 aliphatic carbocycles. The molecule has 0 aromatic heterocycles. The predicted octanol–water partition coefficient (Wildman–Crippen LogP) is 2.11. The highest BCUT2D eigenvalue weighted by Gasteiger charge is 2.60. The van der Waals surface area contributed by atoms with Crippen molar-refractivity contribution in [2.75, 3.05) is 20.7 Å². The molecule has 0 spiro atoms. The lowest BCUT2D eigenvalue weighted by atomic mass is 9.59. The number of likely N-dealkylation sites (N-methyl/N-ethyl adjacent to an activating group) is 1. The number of ketones is 2. The molecule has 3 aliphatic rings. The maximum Gasteiger partial charge on any atom is 0.255 e. The summed E-state index contributed by atoms with van der Waals surface area (Å²) in [7, 11) is 3.45. The quantitative estimate of drug-likeness (QED) is 0.325. The Morgan fingerprint density at radius 3 is 2.50 bits per heavy atom. The number of carbonyl (C=O) groups is 3. The lowest BCUT2D eigenvalue weighted by Gasteiger charge is -2.46. The van der Waals surface area contributed by atoms with E-state index in [0.717, 1.165) is 13.0 Å². The summed E-state index contributed by atoms with van der Waals surface area (Å²) in [5.41, 5.74) is 4.08. The number of hydrogen-bond donors (Lipinski definition) is 5. The summed E-state index contributed by atoms with van der Waals surface area (Å²) in [5, 5.41) is 44.4. The zero-order chi connectivity index (χ0) is 28.9. The third-order valence-electron chi connectivity index (χ3n) is 8.36. The van der Waals surface area contributed by atoms with E-state index in [1.165, 1.54) is 18.7 Å². The highest BCUT2D eigenvalue weighted by Crippen LogP contribution is 2.53. The van der Waals surface area contributed by atoms with E-state index in [-0.39, 0.29) is 36.1 Å². The Morgan fingerprint density at radius 2 is 1.85 bits per heavy atom. The number of rotatable bonds is 7. The first kappa shape index (κ1) is 27.4. The number of aromatic hydroxyl groups is 1. The van der Waals surface area contributed by atoms with Gasteiger partial charge in [-0.15, -0.1) is 0 Å². The smallest absolute Gasteiger partial charge is 0.255 e. The van der Waals surface area contributed by atoms with Gasteiger partial charge in [0.25, 0.3) is 5.91 Å². The van der Waals surface area contributed by atoms with Crippen LogP contribution in [0.5, 0.6) is 11.5 Å². The Hall–Kier alpha value is -4.15. The van der Waals surface area contributed by atoms with Crippen LogP contribution in [-0.4, -0.2) is 69.1 Å². The number of nitrogens with two attached hydrogens (primary N) is 1. The number of aliphatic hydroxyl groups is 3. The van der Waals surface area contributed by atoms with Crippen molar-refractivity contribution < 1.29 is 39.5 Å². The summed E-state index contributed by atoms with van der Waals surface area (Å²) in [6, 6.07) is 11.5. The fourth-order valence-corrected chi connectivity index (χ4v) is 6.44. The van der Waals surface area contributed by atoms with Gasteiger partial charge >= 0.3 is 0 Å². The van der Waals surface area contributed by atoms with E-state index in [0.29, 0.717) is 23.4 Å². The largest absolute Gasteiger partial charge is 0.508 e. The number of nitrogens with zero attached hydrogens (tertiary/aromatic N) is 1. The summed E-state index contributed by atoms with van der Waals surface area (Å²) in [5.74, 6) is -6.09. The molecule has 0 heterocycles. The zero-order valence-electron chi connectivity index (χ0n) is 22.3. The predicted molar refractivity (Wildman–Crippen MR) is 144 cm³/mol. The van der Waals surface area contributed by atoms with Crippen molar-refractivity contribution in [2.45, 2.75) is 37.8 Å². The number of aliphatic hydroxyl groups excluding tert-OH is 2. The summed E-state index contributed by atoms with van der Waals surface area (Å²) < 4.78 is 5.76. The molecular weight excluding hydrogens is 516 g/mol. The Labute approximate surface area is 231 Å². The van der Waals surface area contributed by atoms with E-state index in [1.54, 1.807) is 0 Å². The number of benzene rings is 2. The maximum absolute atomic E-state index is 13.6. The van der Waals surface area contributed by atoms with Gasteiger partial charge in [0.2, 0.25) is 5.78 Å². The number of phenolic OH excluding ortho intramolecular Hbond substituents is 1. The number of Topliss-reactive ketones (excluding diaryl/α,β-unsaturated/α-hetero) is 2. The van der Waals surface area contributed by atoms with Crippen LogP contribution in [0.25, 0.3) is 5.76 Å². The van der Waals surface area contributed by atoms with E-state index in [4.69, 9.17) is 10.5 Å². The molecule has 1 unspecified atom stereocenters. The number of fused-ring (bicyclic) bond motifs is 3. The van der Waals surface area contributed by atoms with Crippen LogP contribution >= 0.6 is 0 Å². The molecule has 2 aromatic rings. The molecule has 1 saturated carbocycles. The van der Waals surface area contributed by atoms with Crippen LogP contribution in [0.2, 0.25) is 0 Å². The molecule has 1 amide bonds. The normalized spacial score (nSPS) is 24.1. The molecule has 0 radical (unpaired) electrons. The lowest BCUT2D eigenvalue weighted by molar-refractivity contribution is -0.147. The molecule has 40 heavy (non-hydrogen) atoms. The number of primary amides is 1. The van der Waals surface area contributed by atoms with E-state index in [9.17, 15) is 34.8 Å². The minimum atomic E-state index is -2.59. The van der Waals surface area contributed by atoms with E-state index in [2.05, 4.69) is 17.0 Å². The summed E-state index contributed by atoms with van der Waals surface area (Å²) in [6.07, 6.45) is 0.715. The first-order valence-electron chi connectivity index (χ1n) is 13.1. The van der Waals surface area contributed by atoms with Crippen LogP contribution < -0.4 is 10.5 Å². The van der Waals surface area contributed by atoms with Crippen molar-refractivity contribution in [2.24, 2.45) is 17.6 Å². The monoisotopic (exact) mass is 548 g/mol. The number of phenols is 1. The Bertz CT molecular complexity index is 1480. The number of methoxy groups -OCH3 is 1. The zero-order valence-corrected chi connectivity index (χ0v) is 22.3. The van der Waals surface area contributed by atoms with Crippen molar-refractivity contribution in [3.8, 4) is 11.5 Å². The topological polar surface area (TPSA) is 171 Å². The molecule has 2 aromatic carbocycles. The van der Waals surface area contributed by atoms with Crippen LogP contribution in [0, 0.1) is 11.8 Å². The van der Waals surface area contributed by atoms with E-state index >= 15 is 0 Å². The molecule has 10 heteroatoms. The standard InChI is InChI=1S/C30H32N2O8/c1-32(9-8-15-6-4-3-5-7-15)14-17-12-20(33)23-19(26(17)40-2)11-16-10-18-13-21(34)24(29(31)38)28(37)30(18,39)27(36)22(16)25(23)35/h3-7,12,16,18,33,35,37,39H,8-11,13-14H2,1-2H3,(H2,31,38)/t16?,18-,30-/m0/s1. The summed E-state index contributed by atoms with van der Waals surface area (Å²) >= 11 is 0. The molecule has 5 rings (SSSR count). The molecule has 210 valence electrons. The van der Waals surface area contributed by atoms with Gasteiger partial charge in [0.1, 0.15) is 28.6 Å². The third kappa shape index (κ3) is 4.24. The molecule has 0 bridgehead atoms. The van der Waals surface area contributed by atoms with Crippen LogP contribution in [-0.2, 0) is 33.8 Å². The Balaban J connectivity index is 1.52. The van der Waals surface area contributed by atoms with Gasteiger partial charge < -0.3 is 35.8 Å². The summed E-state index contributed by atoms with van der Waals surface area (Å²) in [6.45, 7) is 1.19. The second-order valence-corrected chi connectivity index (χ2v) is 10.8. The van der Waals surface area contributed by atoms with Gasteiger partial charge in [-0.05, 0) is 43.9 Å². The molecule has 6 N–H and O–H groups in total.